The normalized spacial score (nSPS) is 10.2. The molecule has 0 aliphatic rings. The number of carbonyl (C=O) groups excluding carboxylic acids is 1. The lowest BCUT2D eigenvalue weighted by Crippen LogP contribution is -2.13. The van der Waals surface area contributed by atoms with Gasteiger partial charge in [-0.2, -0.15) is 0 Å². The number of benzene rings is 1. The van der Waals surface area contributed by atoms with E-state index in [-0.39, 0.29) is 5.91 Å². The minimum atomic E-state index is -0.387. The molecule has 0 aliphatic carbocycles. The summed E-state index contributed by atoms with van der Waals surface area (Å²) in [5.41, 5.74) is 7.75. The van der Waals surface area contributed by atoms with E-state index in [9.17, 15) is 4.79 Å². The molecule has 3 heteroatoms. The molecule has 2 N–H and O–H groups in total. The first-order valence-electron chi connectivity index (χ1n) is 4.73. The Labute approximate surface area is 88.1 Å². The van der Waals surface area contributed by atoms with E-state index < -0.39 is 0 Å². The van der Waals surface area contributed by atoms with E-state index in [2.05, 4.69) is 0 Å². The van der Waals surface area contributed by atoms with Crippen molar-refractivity contribution >= 4 is 5.91 Å². The summed E-state index contributed by atoms with van der Waals surface area (Å²) in [5, 5.41) is 0. The largest absolute Gasteiger partial charge is 0.366 e. The maximum Gasteiger partial charge on any atom is 0.249 e. The highest BCUT2D eigenvalue weighted by molar-refractivity contribution is 5.95. The van der Waals surface area contributed by atoms with Gasteiger partial charge in [0.25, 0.3) is 0 Å². The fraction of sp³-hybridized carbons (Fsp3) is 0.0833. The summed E-state index contributed by atoms with van der Waals surface area (Å²) in [6, 6.07) is 9.42. The van der Waals surface area contributed by atoms with Crippen molar-refractivity contribution in [3.63, 3.8) is 0 Å². The number of primary amides is 1. The zero-order valence-corrected chi connectivity index (χ0v) is 8.47. The third kappa shape index (κ3) is 1.64. The van der Waals surface area contributed by atoms with Crippen molar-refractivity contribution < 1.29 is 4.79 Å². The summed E-state index contributed by atoms with van der Waals surface area (Å²) < 4.78 is 1.96. The lowest BCUT2D eigenvalue weighted by Gasteiger charge is -2.09. The van der Waals surface area contributed by atoms with E-state index in [1.807, 2.05) is 48.1 Å². The molecular formula is C12H12N2O. The van der Waals surface area contributed by atoms with Gasteiger partial charge in [0.2, 0.25) is 5.91 Å². The van der Waals surface area contributed by atoms with E-state index in [4.69, 9.17) is 5.73 Å². The minimum Gasteiger partial charge on any atom is -0.366 e. The minimum absolute atomic E-state index is 0.387. The first kappa shape index (κ1) is 9.52. The quantitative estimate of drug-likeness (QED) is 0.790. The molecule has 0 unspecified atom stereocenters. The van der Waals surface area contributed by atoms with Crippen LogP contribution >= 0.6 is 0 Å². The number of nitrogens with two attached hydrogens (primary N) is 1. The molecule has 15 heavy (non-hydrogen) atoms. The van der Waals surface area contributed by atoms with Gasteiger partial charge in [-0.25, -0.2) is 0 Å². The molecule has 3 nitrogen and oxygen atoms in total. The van der Waals surface area contributed by atoms with Crippen LogP contribution in [0.25, 0.3) is 5.69 Å². The van der Waals surface area contributed by atoms with Crippen molar-refractivity contribution in [3.8, 4) is 5.69 Å². The molecule has 0 radical (unpaired) electrons. The molecule has 0 spiro atoms. The molecule has 2 rings (SSSR count). The van der Waals surface area contributed by atoms with Crippen LogP contribution in [0.1, 0.15) is 15.9 Å². The first-order chi connectivity index (χ1) is 7.20. The Balaban J connectivity index is 2.59. The highest BCUT2D eigenvalue weighted by Gasteiger charge is 2.08. The van der Waals surface area contributed by atoms with Crippen molar-refractivity contribution in [2.24, 2.45) is 5.73 Å². The van der Waals surface area contributed by atoms with Gasteiger partial charge in [0, 0.05) is 23.6 Å². The number of hydrogen-bond acceptors (Lipinski definition) is 1. The average molecular weight is 200 g/mol. The van der Waals surface area contributed by atoms with E-state index in [1.54, 1.807) is 6.07 Å². The maximum absolute atomic E-state index is 11.2. The van der Waals surface area contributed by atoms with E-state index in [0.717, 1.165) is 11.3 Å². The third-order valence-electron chi connectivity index (χ3n) is 2.45. The van der Waals surface area contributed by atoms with Gasteiger partial charge in [-0.1, -0.05) is 6.07 Å². The molecular weight excluding hydrogens is 188 g/mol. The van der Waals surface area contributed by atoms with Gasteiger partial charge in [0.15, 0.2) is 0 Å². The Hall–Kier alpha value is -2.03. The number of amides is 1. The molecule has 0 saturated carbocycles. The summed E-state index contributed by atoms with van der Waals surface area (Å²) in [6.07, 6.45) is 3.88. The van der Waals surface area contributed by atoms with Crippen LogP contribution in [0.4, 0.5) is 0 Å². The second kappa shape index (κ2) is 3.61. The summed E-state index contributed by atoms with van der Waals surface area (Å²) in [7, 11) is 0. The van der Waals surface area contributed by atoms with Crippen LogP contribution in [0.15, 0.2) is 42.7 Å². The Bertz CT molecular complexity index is 486. The molecule has 0 fully saturated rings. The zero-order valence-electron chi connectivity index (χ0n) is 8.47. The summed E-state index contributed by atoms with van der Waals surface area (Å²) in [5.74, 6) is -0.387. The fourth-order valence-corrected chi connectivity index (χ4v) is 1.67. The van der Waals surface area contributed by atoms with Gasteiger partial charge in [-0.05, 0) is 36.8 Å². The van der Waals surface area contributed by atoms with Crippen molar-refractivity contribution in [1.29, 1.82) is 0 Å². The van der Waals surface area contributed by atoms with Crippen LogP contribution in [0.2, 0.25) is 0 Å². The first-order valence-corrected chi connectivity index (χ1v) is 4.73. The standard InChI is InChI=1S/C12H12N2O/c1-9-10(12(13)15)5-4-6-11(9)14-7-2-3-8-14/h2-8H,1H3,(H2,13,15). The Kier molecular flexibility index (Phi) is 2.29. The molecule has 0 saturated heterocycles. The van der Waals surface area contributed by atoms with Crippen molar-refractivity contribution in [3.05, 3.63) is 53.9 Å². The second-order valence-corrected chi connectivity index (χ2v) is 3.40. The Morgan fingerprint density at radius 1 is 1.20 bits per heavy atom. The lowest BCUT2D eigenvalue weighted by molar-refractivity contribution is 0.0999. The SMILES string of the molecule is Cc1c(C(N)=O)cccc1-n1cccc1. The van der Waals surface area contributed by atoms with Crippen LogP contribution in [-0.4, -0.2) is 10.5 Å². The number of aromatic nitrogens is 1. The monoisotopic (exact) mass is 200 g/mol. The lowest BCUT2D eigenvalue weighted by atomic mass is 10.1. The molecule has 1 aromatic heterocycles. The Morgan fingerprint density at radius 3 is 2.47 bits per heavy atom. The summed E-state index contributed by atoms with van der Waals surface area (Å²) in [4.78, 5) is 11.2. The number of rotatable bonds is 2. The average Bonchev–Trinajstić information content (AvgIpc) is 2.70. The van der Waals surface area contributed by atoms with E-state index >= 15 is 0 Å². The second-order valence-electron chi connectivity index (χ2n) is 3.40. The highest BCUT2D eigenvalue weighted by Crippen LogP contribution is 2.17. The Morgan fingerprint density at radius 2 is 1.87 bits per heavy atom. The molecule has 0 atom stereocenters. The van der Waals surface area contributed by atoms with Crippen LogP contribution in [0.3, 0.4) is 0 Å². The van der Waals surface area contributed by atoms with Gasteiger partial charge in [0.1, 0.15) is 0 Å². The van der Waals surface area contributed by atoms with E-state index in [1.165, 1.54) is 0 Å². The molecule has 1 aromatic carbocycles. The fourth-order valence-electron chi connectivity index (χ4n) is 1.67. The van der Waals surface area contributed by atoms with E-state index in [0.29, 0.717) is 5.56 Å². The van der Waals surface area contributed by atoms with Crippen LogP contribution < -0.4 is 5.73 Å². The van der Waals surface area contributed by atoms with Gasteiger partial charge >= 0.3 is 0 Å². The van der Waals surface area contributed by atoms with Gasteiger partial charge in [0.05, 0.1) is 0 Å². The predicted molar refractivity (Wildman–Crippen MR) is 59.0 cm³/mol. The summed E-state index contributed by atoms with van der Waals surface area (Å²) in [6.45, 7) is 1.90. The molecule has 2 aromatic rings. The van der Waals surface area contributed by atoms with Gasteiger partial charge in [-0.15, -0.1) is 0 Å². The molecule has 0 aliphatic heterocycles. The number of carbonyl (C=O) groups is 1. The number of hydrogen-bond donors (Lipinski definition) is 1. The molecule has 1 amide bonds. The van der Waals surface area contributed by atoms with Gasteiger partial charge < -0.3 is 10.3 Å². The predicted octanol–water partition coefficient (Wildman–Crippen LogP) is 1.88. The highest BCUT2D eigenvalue weighted by atomic mass is 16.1. The maximum atomic E-state index is 11.2. The molecule has 0 bridgehead atoms. The third-order valence-corrected chi connectivity index (χ3v) is 2.45. The van der Waals surface area contributed by atoms with Crippen LogP contribution in [0, 0.1) is 6.92 Å². The van der Waals surface area contributed by atoms with Crippen LogP contribution in [-0.2, 0) is 0 Å². The zero-order chi connectivity index (χ0) is 10.8. The topological polar surface area (TPSA) is 48.0 Å². The van der Waals surface area contributed by atoms with Crippen molar-refractivity contribution in [2.45, 2.75) is 6.92 Å². The molecule has 76 valence electrons. The van der Waals surface area contributed by atoms with Crippen LogP contribution in [0.5, 0.6) is 0 Å². The van der Waals surface area contributed by atoms with Crippen molar-refractivity contribution in [2.75, 3.05) is 0 Å². The van der Waals surface area contributed by atoms with Gasteiger partial charge in [-0.3, -0.25) is 4.79 Å². The summed E-state index contributed by atoms with van der Waals surface area (Å²) >= 11 is 0. The molecule has 1 heterocycles. The van der Waals surface area contributed by atoms with Crippen molar-refractivity contribution in [1.82, 2.24) is 4.57 Å². The smallest absolute Gasteiger partial charge is 0.249 e. The number of nitrogens with zero attached hydrogens (tertiary/aromatic N) is 1.